The fourth-order valence-electron chi connectivity index (χ4n) is 4.58. The van der Waals surface area contributed by atoms with E-state index in [1.165, 1.54) is 6.07 Å². The molecular formula is C22H30FNO6. The van der Waals surface area contributed by atoms with Crippen LogP contribution in [0.2, 0.25) is 0 Å². The summed E-state index contributed by atoms with van der Waals surface area (Å²) in [5.41, 5.74) is -1.00. The minimum atomic E-state index is -1.36. The molecule has 0 spiro atoms. The molecule has 3 fully saturated rings. The molecule has 0 radical (unpaired) electrons. The third-order valence-electron chi connectivity index (χ3n) is 6.06. The summed E-state index contributed by atoms with van der Waals surface area (Å²) < 4.78 is 37.5. The summed E-state index contributed by atoms with van der Waals surface area (Å²) in [6.07, 6.45) is 0.112. The Bertz CT molecular complexity index is 768. The van der Waals surface area contributed by atoms with Crippen molar-refractivity contribution in [3.8, 4) is 0 Å². The van der Waals surface area contributed by atoms with Crippen LogP contribution >= 0.6 is 0 Å². The third-order valence-corrected chi connectivity index (χ3v) is 6.06. The van der Waals surface area contributed by atoms with E-state index in [-0.39, 0.29) is 31.5 Å². The van der Waals surface area contributed by atoms with Crippen molar-refractivity contribution in [2.45, 2.75) is 81.9 Å². The molecule has 8 heteroatoms. The summed E-state index contributed by atoms with van der Waals surface area (Å²) in [6, 6.07) is 6.29. The van der Waals surface area contributed by atoms with Gasteiger partial charge in [0.1, 0.15) is 11.9 Å². The van der Waals surface area contributed by atoms with Crippen molar-refractivity contribution in [1.29, 1.82) is 0 Å². The van der Waals surface area contributed by atoms with Crippen LogP contribution in [0.1, 0.15) is 45.1 Å². The van der Waals surface area contributed by atoms with E-state index in [0.29, 0.717) is 18.7 Å². The molecule has 5 atom stereocenters. The van der Waals surface area contributed by atoms with Gasteiger partial charge in [-0.2, -0.15) is 0 Å². The second-order valence-electron chi connectivity index (χ2n) is 8.83. The highest BCUT2D eigenvalue weighted by Crippen LogP contribution is 2.43. The van der Waals surface area contributed by atoms with E-state index in [9.17, 15) is 14.3 Å². The van der Waals surface area contributed by atoms with Gasteiger partial charge >= 0.3 is 0 Å². The van der Waals surface area contributed by atoms with Crippen molar-refractivity contribution in [1.82, 2.24) is 5.32 Å². The lowest BCUT2D eigenvalue weighted by Gasteiger charge is -2.42. The predicted molar refractivity (Wildman–Crippen MR) is 105 cm³/mol. The van der Waals surface area contributed by atoms with Crippen LogP contribution < -0.4 is 5.32 Å². The number of hydrogen-bond donors (Lipinski definition) is 2. The van der Waals surface area contributed by atoms with Crippen molar-refractivity contribution < 1.29 is 33.2 Å². The summed E-state index contributed by atoms with van der Waals surface area (Å²) >= 11 is 0. The van der Waals surface area contributed by atoms with Crippen LogP contribution in [0.4, 0.5) is 4.39 Å². The summed E-state index contributed by atoms with van der Waals surface area (Å²) in [5.74, 6) is -1.60. The SMILES string of the molecule is CC1(C)O[C@H]2[C@H](O)C[C@](OCc3ccccc3F)(C(=O)NC[C@H]3CCCO3)C[C@H]2O1. The highest BCUT2D eigenvalue weighted by molar-refractivity contribution is 5.85. The normalized spacial score (nSPS) is 35.2. The Morgan fingerprint density at radius 1 is 1.30 bits per heavy atom. The lowest BCUT2D eigenvalue weighted by Crippen LogP contribution is -2.60. The standard InChI is InChI=1S/C22H30FNO6/c1-21(2)29-18-11-22(10-17(25)19(18)30-21,20(26)24-12-15-7-5-9-27-15)28-13-14-6-3-4-8-16(14)23/h3-4,6,8,15,17-19,25H,5,7,9-13H2,1-2H3,(H,24,26)/t15-,17-,18-,19+,22-/m1/s1. The monoisotopic (exact) mass is 423 g/mol. The molecule has 2 saturated heterocycles. The fraction of sp³-hybridized carbons (Fsp3) is 0.682. The van der Waals surface area contributed by atoms with Gasteiger partial charge in [0.2, 0.25) is 0 Å². The number of hydrogen-bond acceptors (Lipinski definition) is 6. The summed E-state index contributed by atoms with van der Waals surface area (Å²) in [4.78, 5) is 13.3. The molecule has 2 N–H and O–H groups in total. The van der Waals surface area contributed by atoms with Gasteiger partial charge in [-0.25, -0.2) is 4.39 Å². The first-order valence-electron chi connectivity index (χ1n) is 10.6. The van der Waals surface area contributed by atoms with E-state index in [2.05, 4.69) is 5.32 Å². The van der Waals surface area contributed by atoms with Crippen molar-refractivity contribution in [3.05, 3.63) is 35.6 Å². The van der Waals surface area contributed by atoms with Crippen LogP contribution in [0, 0.1) is 5.82 Å². The van der Waals surface area contributed by atoms with E-state index in [4.69, 9.17) is 18.9 Å². The Morgan fingerprint density at radius 2 is 2.10 bits per heavy atom. The number of amides is 1. The van der Waals surface area contributed by atoms with Gasteiger partial charge in [-0.1, -0.05) is 18.2 Å². The lowest BCUT2D eigenvalue weighted by atomic mass is 9.78. The first-order chi connectivity index (χ1) is 14.3. The Labute approximate surface area is 175 Å². The topological polar surface area (TPSA) is 86.2 Å². The van der Waals surface area contributed by atoms with Crippen LogP contribution in [0.3, 0.4) is 0 Å². The van der Waals surface area contributed by atoms with Crippen molar-refractivity contribution in [2.75, 3.05) is 13.2 Å². The third kappa shape index (κ3) is 4.53. The van der Waals surface area contributed by atoms with Gasteiger partial charge in [0.05, 0.1) is 24.9 Å². The van der Waals surface area contributed by atoms with Crippen LogP contribution in [0.25, 0.3) is 0 Å². The van der Waals surface area contributed by atoms with Crippen LogP contribution in [0.15, 0.2) is 24.3 Å². The molecule has 4 rings (SSSR count). The Morgan fingerprint density at radius 3 is 2.83 bits per heavy atom. The number of aliphatic hydroxyl groups excluding tert-OH is 1. The van der Waals surface area contributed by atoms with Gasteiger partial charge < -0.3 is 29.4 Å². The molecule has 2 aliphatic heterocycles. The van der Waals surface area contributed by atoms with Gasteiger partial charge in [-0.05, 0) is 32.8 Å². The molecule has 1 aromatic carbocycles. The number of benzene rings is 1. The maximum absolute atomic E-state index is 14.1. The van der Waals surface area contributed by atoms with E-state index in [0.717, 1.165) is 12.8 Å². The molecule has 1 saturated carbocycles. The fourth-order valence-corrected chi connectivity index (χ4v) is 4.58. The van der Waals surface area contributed by atoms with Gasteiger partial charge in [0.15, 0.2) is 11.4 Å². The van der Waals surface area contributed by atoms with Crippen molar-refractivity contribution >= 4 is 5.91 Å². The number of halogens is 1. The number of carbonyl (C=O) groups excluding carboxylic acids is 1. The highest BCUT2D eigenvalue weighted by Gasteiger charge is 2.57. The zero-order valence-corrected chi connectivity index (χ0v) is 17.4. The van der Waals surface area contributed by atoms with Crippen LogP contribution in [-0.4, -0.2) is 60.0 Å². The number of rotatable bonds is 6. The molecule has 2 heterocycles. The quantitative estimate of drug-likeness (QED) is 0.729. The summed E-state index contributed by atoms with van der Waals surface area (Å²) in [5, 5.41) is 13.7. The Kier molecular flexibility index (Phi) is 6.14. The molecule has 30 heavy (non-hydrogen) atoms. The number of ether oxygens (including phenoxy) is 4. The predicted octanol–water partition coefficient (Wildman–Crippen LogP) is 2.05. The van der Waals surface area contributed by atoms with Crippen LogP contribution in [-0.2, 0) is 30.3 Å². The number of carbonyl (C=O) groups is 1. The molecule has 1 aromatic rings. The second-order valence-corrected chi connectivity index (χ2v) is 8.83. The van der Waals surface area contributed by atoms with Gasteiger partial charge in [0, 0.05) is 31.6 Å². The molecule has 3 aliphatic rings. The maximum atomic E-state index is 14.1. The maximum Gasteiger partial charge on any atom is 0.252 e. The zero-order valence-electron chi connectivity index (χ0n) is 17.4. The average Bonchev–Trinajstić information content (AvgIpc) is 3.32. The van der Waals surface area contributed by atoms with E-state index in [1.807, 2.05) is 0 Å². The van der Waals surface area contributed by atoms with Gasteiger partial charge in [0.25, 0.3) is 5.91 Å². The minimum Gasteiger partial charge on any atom is -0.390 e. The molecule has 7 nitrogen and oxygen atoms in total. The second kappa shape index (κ2) is 8.51. The molecule has 0 unspecified atom stereocenters. The average molecular weight is 423 g/mol. The number of fused-ring (bicyclic) bond motifs is 1. The summed E-state index contributed by atoms with van der Waals surface area (Å²) in [7, 11) is 0. The smallest absolute Gasteiger partial charge is 0.252 e. The molecular weight excluding hydrogens is 393 g/mol. The highest BCUT2D eigenvalue weighted by atomic mass is 19.1. The molecule has 1 amide bonds. The zero-order chi connectivity index (χ0) is 21.4. The van der Waals surface area contributed by atoms with Gasteiger partial charge in [-0.3, -0.25) is 4.79 Å². The van der Waals surface area contributed by atoms with Crippen molar-refractivity contribution in [3.63, 3.8) is 0 Å². The van der Waals surface area contributed by atoms with E-state index in [1.54, 1.807) is 32.0 Å². The molecule has 166 valence electrons. The van der Waals surface area contributed by atoms with E-state index >= 15 is 0 Å². The molecule has 1 aliphatic carbocycles. The Hall–Kier alpha value is -1.58. The first kappa shape index (κ1) is 21.6. The minimum absolute atomic E-state index is 0.0242. The van der Waals surface area contributed by atoms with Crippen molar-refractivity contribution in [2.24, 2.45) is 0 Å². The number of aliphatic hydroxyl groups is 1. The van der Waals surface area contributed by atoms with E-state index < -0.39 is 35.5 Å². The molecule has 0 bridgehead atoms. The molecule has 0 aromatic heterocycles. The first-order valence-corrected chi connectivity index (χ1v) is 10.6. The lowest BCUT2D eigenvalue weighted by molar-refractivity contribution is -0.175. The van der Waals surface area contributed by atoms with Gasteiger partial charge in [-0.15, -0.1) is 0 Å². The summed E-state index contributed by atoms with van der Waals surface area (Å²) in [6.45, 7) is 4.53. The van der Waals surface area contributed by atoms with Crippen LogP contribution in [0.5, 0.6) is 0 Å². The largest absolute Gasteiger partial charge is 0.390 e. The Balaban J connectivity index is 1.52. The number of nitrogens with one attached hydrogen (secondary N) is 1.